The van der Waals surface area contributed by atoms with Gasteiger partial charge in [-0.25, -0.2) is 0 Å². The molecule has 17 heavy (non-hydrogen) atoms. The lowest BCUT2D eigenvalue weighted by Crippen LogP contribution is -2.45. The second-order valence-corrected chi connectivity index (χ2v) is 5.39. The third-order valence-electron chi connectivity index (χ3n) is 4.03. The van der Waals surface area contributed by atoms with Gasteiger partial charge in [0.1, 0.15) is 0 Å². The molecule has 1 aliphatic heterocycles. The van der Waals surface area contributed by atoms with E-state index in [1.54, 1.807) is 0 Å². The molecule has 0 spiro atoms. The van der Waals surface area contributed by atoms with Crippen LogP contribution >= 0.6 is 0 Å². The third kappa shape index (κ3) is 2.88. The van der Waals surface area contributed by atoms with E-state index in [9.17, 15) is 0 Å². The van der Waals surface area contributed by atoms with Gasteiger partial charge in [0, 0.05) is 32.2 Å². The van der Waals surface area contributed by atoms with Gasteiger partial charge >= 0.3 is 0 Å². The van der Waals surface area contributed by atoms with Crippen molar-refractivity contribution in [2.45, 2.75) is 25.3 Å². The van der Waals surface area contributed by atoms with Crippen LogP contribution in [0.4, 0.5) is 0 Å². The summed E-state index contributed by atoms with van der Waals surface area (Å²) in [4.78, 5) is 2.67. The van der Waals surface area contributed by atoms with Gasteiger partial charge in [0.25, 0.3) is 0 Å². The van der Waals surface area contributed by atoms with E-state index >= 15 is 0 Å². The SMILES string of the molecule is c1ccc([C@@H](CC2CC2)N2CCNCC2)cc1. The third-order valence-corrected chi connectivity index (χ3v) is 4.03. The van der Waals surface area contributed by atoms with Gasteiger partial charge < -0.3 is 5.32 Å². The van der Waals surface area contributed by atoms with E-state index in [1.165, 1.54) is 37.9 Å². The van der Waals surface area contributed by atoms with Crippen LogP contribution < -0.4 is 5.32 Å². The Kier molecular flexibility index (Phi) is 3.44. The second kappa shape index (κ2) is 5.19. The molecule has 0 amide bonds. The molecule has 92 valence electrons. The summed E-state index contributed by atoms with van der Waals surface area (Å²) in [6.45, 7) is 4.70. The molecule has 0 radical (unpaired) electrons. The van der Waals surface area contributed by atoms with Gasteiger partial charge in [-0.1, -0.05) is 43.2 Å². The van der Waals surface area contributed by atoms with Crippen LogP contribution in [0, 0.1) is 5.92 Å². The minimum absolute atomic E-state index is 0.658. The Morgan fingerprint density at radius 3 is 2.47 bits per heavy atom. The lowest BCUT2D eigenvalue weighted by molar-refractivity contribution is 0.160. The monoisotopic (exact) mass is 230 g/mol. The zero-order chi connectivity index (χ0) is 11.5. The summed E-state index contributed by atoms with van der Waals surface area (Å²) in [6.07, 6.45) is 4.27. The first kappa shape index (κ1) is 11.2. The van der Waals surface area contributed by atoms with E-state index < -0.39 is 0 Å². The topological polar surface area (TPSA) is 15.3 Å². The van der Waals surface area contributed by atoms with Gasteiger partial charge in [-0.2, -0.15) is 0 Å². The van der Waals surface area contributed by atoms with Crippen molar-refractivity contribution < 1.29 is 0 Å². The summed E-state index contributed by atoms with van der Waals surface area (Å²) in [7, 11) is 0. The number of nitrogens with one attached hydrogen (secondary N) is 1. The number of benzene rings is 1. The van der Waals surface area contributed by atoms with Crippen LogP contribution in [0.3, 0.4) is 0 Å². The smallest absolute Gasteiger partial charge is 0.0351 e. The highest BCUT2D eigenvalue weighted by Crippen LogP contribution is 2.40. The summed E-state index contributed by atoms with van der Waals surface area (Å²) >= 11 is 0. The fraction of sp³-hybridized carbons (Fsp3) is 0.600. The van der Waals surface area contributed by atoms with E-state index in [1.807, 2.05) is 0 Å². The first-order chi connectivity index (χ1) is 8.43. The maximum atomic E-state index is 3.45. The summed E-state index contributed by atoms with van der Waals surface area (Å²) in [6, 6.07) is 11.7. The Morgan fingerprint density at radius 1 is 1.12 bits per heavy atom. The first-order valence-electron chi connectivity index (χ1n) is 6.93. The minimum atomic E-state index is 0.658. The summed E-state index contributed by atoms with van der Waals surface area (Å²) in [5.41, 5.74) is 1.52. The van der Waals surface area contributed by atoms with Crippen LogP contribution in [0.5, 0.6) is 0 Å². The molecule has 2 fully saturated rings. The van der Waals surface area contributed by atoms with Crippen LogP contribution in [0.2, 0.25) is 0 Å². The fourth-order valence-electron chi connectivity index (χ4n) is 2.83. The predicted octanol–water partition coefficient (Wildman–Crippen LogP) is 2.43. The van der Waals surface area contributed by atoms with Crippen molar-refractivity contribution in [2.75, 3.05) is 26.2 Å². The Balaban J connectivity index is 1.75. The van der Waals surface area contributed by atoms with Crippen molar-refractivity contribution in [3.8, 4) is 0 Å². The van der Waals surface area contributed by atoms with E-state index in [-0.39, 0.29) is 0 Å². The summed E-state index contributed by atoms with van der Waals surface area (Å²) in [5, 5.41) is 3.45. The molecule has 2 heteroatoms. The maximum Gasteiger partial charge on any atom is 0.0351 e. The van der Waals surface area contributed by atoms with Crippen LogP contribution in [-0.4, -0.2) is 31.1 Å². The van der Waals surface area contributed by atoms with Gasteiger partial charge in [0.2, 0.25) is 0 Å². The summed E-state index contributed by atoms with van der Waals surface area (Å²) in [5.74, 6) is 0.995. The molecular formula is C15H22N2. The fourth-order valence-corrected chi connectivity index (χ4v) is 2.83. The second-order valence-electron chi connectivity index (χ2n) is 5.39. The highest BCUT2D eigenvalue weighted by atomic mass is 15.2. The molecule has 1 heterocycles. The molecule has 1 aliphatic carbocycles. The van der Waals surface area contributed by atoms with Gasteiger partial charge in [-0.05, 0) is 17.9 Å². The average molecular weight is 230 g/mol. The van der Waals surface area contributed by atoms with Crippen LogP contribution in [0.15, 0.2) is 30.3 Å². The minimum Gasteiger partial charge on any atom is -0.314 e. The van der Waals surface area contributed by atoms with Crippen molar-refractivity contribution in [3.63, 3.8) is 0 Å². The molecule has 1 N–H and O–H groups in total. The lowest BCUT2D eigenvalue weighted by atomic mass is 9.99. The molecule has 1 aromatic rings. The van der Waals surface area contributed by atoms with Gasteiger partial charge in [0.15, 0.2) is 0 Å². The number of rotatable bonds is 4. The van der Waals surface area contributed by atoms with E-state index in [2.05, 4.69) is 40.5 Å². The highest BCUT2D eigenvalue weighted by Gasteiger charge is 2.30. The number of hydrogen-bond acceptors (Lipinski definition) is 2. The standard InChI is InChI=1S/C15H22N2/c1-2-4-14(5-3-1)15(12-13-6-7-13)17-10-8-16-9-11-17/h1-5,13,15-16H,6-12H2/t15-/m1/s1. The first-order valence-corrected chi connectivity index (χ1v) is 6.93. The molecule has 2 aliphatic rings. The average Bonchev–Trinajstić information content (AvgIpc) is 3.22. The molecule has 0 bridgehead atoms. The van der Waals surface area contributed by atoms with E-state index in [4.69, 9.17) is 0 Å². The number of nitrogens with zero attached hydrogens (tertiary/aromatic N) is 1. The number of piperazine rings is 1. The normalized spacial score (nSPS) is 23.5. The molecule has 3 rings (SSSR count). The summed E-state index contributed by atoms with van der Waals surface area (Å²) < 4.78 is 0. The van der Waals surface area contributed by atoms with Gasteiger partial charge in [-0.3, -0.25) is 4.90 Å². The Bertz CT molecular complexity index is 339. The van der Waals surface area contributed by atoms with Crippen molar-refractivity contribution in [2.24, 2.45) is 5.92 Å². The largest absolute Gasteiger partial charge is 0.314 e. The van der Waals surface area contributed by atoms with Crippen molar-refractivity contribution in [3.05, 3.63) is 35.9 Å². The van der Waals surface area contributed by atoms with Gasteiger partial charge in [0.05, 0.1) is 0 Å². The van der Waals surface area contributed by atoms with Crippen LogP contribution in [0.1, 0.15) is 30.9 Å². The zero-order valence-electron chi connectivity index (χ0n) is 10.4. The quantitative estimate of drug-likeness (QED) is 0.854. The zero-order valence-corrected chi connectivity index (χ0v) is 10.4. The van der Waals surface area contributed by atoms with Crippen molar-refractivity contribution >= 4 is 0 Å². The number of hydrogen-bond donors (Lipinski definition) is 1. The van der Waals surface area contributed by atoms with Crippen LogP contribution in [0.25, 0.3) is 0 Å². The highest BCUT2D eigenvalue weighted by molar-refractivity contribution is 5.19. The Hall–Kier alpha value is -0.860. The molecule has 2 nitrogen and oxygen atoms in total. The molecule has 0 unspecified atom stereocenters. The Labute approximate surface area is 104 Å². The molecular weight excluding hydrogens is 208 g/mol. The van der Waals surface area contributed by atoms with Gasteiger partial charge in [-0.15, -0.1) is 0 Å². The molecule has 0 aromatic heterocycles. The van der Waals surface area contributed by atoms with Crippen LogP contribution in [-0.2, 0) is 0 Å². The molecule has 1 atom stereocenters. The predicted molar refractivity (Wildman–Crippen MR) is 71.0 cm³/mol. The Morgan fingerprint density at radius 2 is 1.82 bits per heavy atom. The molecule has 1 saturated heterocycles. The molecule has 1 saturated carbocycles. The maximum absolute atomic E-state index is 3.45. The van der Waals surface area contributed by atoms with Crippen molar-refractivity contribution in [1.29, 1.82) is 0 Å². The van der Waals surface area contributed by atoms with E-state index in [0.717, 1.165) is 19.0 Å². The lowest BCUT2D eigenvalue weighted by Gasteiger charge is -2.35. The van der Waals surface area contributed by atoms with Crippen molar-refractivity contribution in [1.82, 2.24) is 10.2 Å². The molecule has 1 aromatic carbocycles. The van der Waals surface area contributed by atoms with E-state index in [0.29, 0.717) is 6.04 Å².